The Morgan fingerprint density at radius 3 is 3.00 bits per heavy atom. The molecule has 2 rings (SSSR count). The number of furan rings is 1. The number of nitrogens with one attached hydrogen (secondary N) is 1. The molecule has 1 N–H and O–H groups in total. The van der Waals surface area contributed by atoms with Gasteiger partial charge < -0.3 is 9.73 Å². The van der Waals surface area contributed by atoms with Crippen molar-refractivity contribution < 1.29 is 9.34 Å². The van der Waals surface area contributed by atoms with E-state index in [0.717, 1.165) is 6.54 Å². The number of hydrogen-bond donors (Lipinski definition) is 1. The van der Waals surface area contributed by atoms with E-state index >= 15 is 0 Å². The smallest absolute Gasteiger partial charge is 0.401 e. The number of hydrogen-bond acceptors (Lipinski definition) is 4. The molecule has 1 aliphatic carbocycles. The third-order valence-electron chi connectivity index (χ3n) is 2.18. The van der Waals surface area contributed by atoms with Crippen LogP contribution >= 0.6 is 0 Å². The molecule has 1 heterocycles. The minimum atomic E-state index is -0.542. The van der Waals surface area contributed by atoms with Crippen LogP contribution in [0.25, 0.3) is 6.08 Å². The van der Waals surface area contributed by atoms with Crippen molar-refractivity contribution >= 4 is 12.0 Å². The Balaban J connectivity index is 1.83. The lowest BCUT2D eigenvalue weighted by Crippen LogP contribution is -2.15. The second-order valence-corrected chi connectivity index (χ2v) is 3.52. The first-order valence-electron chi connectivity index (χ1n) is 4.90. The molecule has 0 aromatic carbocycles. The van der Waals surface area contributed by atoms with Crippen LogP contribution in [0.15, 0.2) is 22.6 Å². The van der Waals surface area contributed by atoms with E-state index in [9.17, 15) is 10.1 Å². The lowest BCUT2D eigenvalue weighted by Gasteiger charge is -1.93. The molecule has 5 nitrogen and oxygen atoms in total. The van der Waals surface area contributed by atoms with Crippen LogP contribution in [0.1, 0.15) is 18.6 Å². The summed E-state index contributed by atoms with van der Waals surface area (Å²) in [7, 11) is 0. The van der Waals surface area contributed by atoms with E-state index in [1.165, 1.54) is 18.9 Å². The van der Waals surface area contributed by atoms with Gasteiger partial charge in [0.1, 0.15) is 10.7 Å². The minimum Gasteiger partial charge on any atom is -0.401 e. The largest absolute Gasteiger partial charge is 0.433 e. The highest BCUT2D eigenvalue weighted by molar-refractivity contribution is 5.44. The molecule has 5 heteroatoms. The fraction of sp³-hybridized carbons (Fsp3) is 0.400. The lowest BCUT2D eigenvalue weighted by molar-refractivity contribution is -0.402. The van der Waals surface area contributed by atoms with Gasteiger partial charge in [0.25, 0.3) is 0 Å². The highest BCUT2D eigenvalue weighted by Crippen LogP contribution is 2.18. The van der Waals surface area contributed by atoms with Crippen molar-refractivity contribution in [3.05, 3.63) is 34.1 Å². The summed E-state index contributed by atoms with van der Waals surface area (Å²) in [5.74, 6) is 0.295. The molecule has 80 valence electrons. The minimum absolute atomic E-state index is 0.218. The van der Waals surface area contributed by atoms with Gasteiger partial charge in [0, 0.05) is 12.6 Å². The summed E-state index contributed by atoms with van der Waals surface area (Å²) in [4.78, 5) is 9.78. The fourth-order valence-electron chi connectivity index (χ4n) is 1.23. The van der Waals surface area contributed by atoms with Gasteiger partial charge in [0.05, 0.1) is 6.07 Å². The van der Waals surface area contributed by atoms with E-state index in [1.54, 1.807) is 12.1 Å². The Morgan fingerprint density at radius 2 is 2.40 bits per heavy atom. The molecule has 1 saturated carbocycles. The highest BCUT2D eigenvalue weighted by atomic mass is 16.6. The molecule has 0 saturated heterocycles. The van der Waals surface area contributed by atoms with E-state index in [-0.39, 0.29) is 5.88 Å². The Morgan fingerprint density at radius 1 is 1.60 bits per heavy atom. The summed E-state index contributed by atoms with van der Waals surface area (Å²) in [6, 6.07) is 3.61. The first-order chi connectivity index (χ1) is 7.25. The second-order valence-electron chi connectivity index (χ2n) is 3.52. The molecule has 0 radical (unpaired) electrons. The topological polar surface area (TPSA) is 68.3 Å². The van der Waals surface area contributed by atoms with Crippen molar-refractivity contribution in [1.82, 2.24) is 5.32 Å². The van der Waals surface area contributed by atoms with Crippen LogP contribution in [-0.2, 0) is 0 Å². The van der Waals surface area contributed by atoms with E-state index in [2.05, 4.69) is 5.32 Å². The average molecular weight is 208 g/mol. The molecule has 0 unspecified atom stereocenters. The summed E-state index contributed by atoms with van der Waals surface area (Å²) in [6.07, 6.45) is 6.14. The third-order valence-corrected chi connectivity index (χ3v) is 2.18. The zero-order chi connectivity index (χ0) is 10.7. The summed E-state index contributed by atoms with van der Waals surface area (Å²) in [5, 5.41) is 13.6. The van der Waals surface area contributed by atoms with Crippen LogP contribution in [0.2, 0.25) is 0 Å². The summed E-state index contributed by atoms with van der Waals surface area (Å²) in [5.41, 5.74) is 0. The lowest BCUT2D eigenvalue weighted by atomic mass is 10.4. The monoisotopic (exact) mass is 208 g/mol. The Kier molecular flexibility index (Phi) is 2.82. The summed E-state index contributed by atoms with van der Waals surface area (Å²) >= 11 is 0. The second kappa shape index (κ2) is 4.27. The van der Waals surface area contributed by atoms with Crippen molar-refractivity contribution in [2.45, 2.75) is 18.9 Å². The molecule has 15 heavy (non-hydrogen) atoms. The Labute approximate surface area is 86.9 Å². The van der Waals surface area contributed by atoms with Crippen LogP contribution in [0.3, 0.4) is 0 Å². The van der Waals surface area contributed by atoms with Gasteiger partial charge in [0.15, 0.2) is 0 Å². The van der Waals surface area contributed by atoms with Crippen LogP contribution in [0.5, 0.6) is 0 Å². The molecule has 0 amide bonds. The maximum absolute atomic E-state index is 10.3. The van der Waals surface area contributed by atoms with Crippen molar-refractivity contribution in [2.75, 3.05) is 6.54 Å². The van der Waals surface area contributed by atoms with Crippen molar-refractivity contribution in [1.29, 1.82) is 0 Å². The van der Waals surface area contributed by atoms with Gasteiger partial charge in [-0.05, 0) is 25.0 Å². The normalized spacial score (nSPS) is 16.0. The number of rotatable bonds is 5. The first-order valence-corrected chi connectivity index (χ1v) is 4.90. The summed E-state index contributed by atoms with van der Waals surface area (Å²) in [6.45, 7) is 0.777. The van der Waals surface area contributed by atoms with Gasteiger partial charge in [-0.15, -0.1) is 0 Å². The predicted molar refractivity (Wildman–Crippen MR) is 55.4 cm³/mol. The van der Waals surface area contributed by atoms with Crippen molar-refractivity contribution in [3.8, 4) is 0 Å². The van der Waals surface area contributed by atoms with Crippen molar-refractivity contribution in [3.63, 3.8) is 0 Å². The molecule has 0 aliphatic heterocycles. The number of nitrogens with zero attached hydrogens (tertiary/aromatic N) is 1. The van der Waals surface area contributed by atoms with Crippen molar-refractivity contribution in [2.24, 2.45) is 0 Å². The van der Waals surface area contributed by atoms with E-state index in [1.807, 2.05) is 6.08 Å². The van der Waals surface area contributed by atoms with Crippen LogP contribution in [-0.4, -0.2) is 17.5 Å². The molecule has 0 atom stereocenters. The molecule has 1 aromatic heterocycles. The molecule has 1 aromatic rings. The first kappa shape index (κ1) is 9.92. The highest BCUT2D eigenvalue weighted by Gasteiger charge is 2.19. The van der Waals surface area contributed by atoms with Gasteiger partial charge >= 0.3 is 5.88 Å². The molecule has 1 aliphatic rings. The maximum Gasteiger partial charge on any atom is 0.433 e. The van der Waals surface area contributed by atoms with Crippen LogP contribution < -0.4 is 5.32 Å². The van der Waals surface area contributed by atoms with E-state index in [0.29, 0.717) is 11.8 Å². The standard InChI is InChI=1S/C10H12N2O3/c13-12(14)10-6-5-9(15-10)2-1-7-11-8-3-4-8/h1-2,5-6,8,11H,3-4,7H2. The average Bonchev–Trinajstić information content (AvgIpc) is 2.90. The SMILES string of the molecule is O=[N+]([O-])c1ccc(C=CCNC2CC2)o1. The molecule has 0 spiro atoms. The predicted octanol–water partition coefficient (Wildman–Crippen LogP) is 1.95. The quantitative estimate of drug-likeness (QED) is 0.593. The number of nitro groups is 1. The van der Waals surface area contributed by atoms with Gasteiger partial charge in [-0.2, -0.15) is 0 Å². The van der Waals surface area contributed by atoms with E-state index < -0.39 is 4.92 Å². The van der Waals surface area contributed by atoms with Crippen LogP contribution in [0.4, 0.5) is 5.88 Å². The van der Waals surface area contributed by atoms with Gasteiger partial charge in [-0.1, -0.05) is 6.08 Å². The van der Waals surface area contributed by atoms with E-state index in [4.69, 9.17) is 4.42 Å². The third kappa shape index (κ3) is 2.92. The Hall–Kier alpha value is -1.62. The maximum atomic E-state index is 10.3. The molecule has 0 bridgehead atoms. The molecular formula is C10H12N2O3. The van der Waals surface area contributed by atoms with Gasteiger partial charge in [-0.3, -0.25) is 10.1 Å². The zero-order valence-electron chi connectivity index (χ0n) is 8.18. The Bertz CT molecular complexity index is 380. The van der Waals surface area contributed by atoms with Gasteiger partial charge in [0.2, 0.25) is 0 Å². The molecule has 1 fully saturated rings. The molecular weight excluding hydrogens is 196 g/mol. The van der Waals surface area contributed by atoms with Gasteiger partial charge in [-0.25, -0.2) is 0 Å². The summed E-state index contributed by atoms with van der Waals surface area (Å²) < 4.78 is 4.95. The van der Waals surface area contributed by atoms with Crippen LogP contribution in [0, 0.1) is 10.1 Å². The zero-order valence-corrected chi connectivity index (χ0v) is 8.18. The fourth-order valence-corrected chi connectivity index (χ4v) is 1.23.